The number of hydrogen-bond acceptors (Lipinski definition) is 3. The first-order chi connectivity index (χ1) is 6.65. The van der Waals surface area contributed by atoms with E-state index in [2.05, 4.69) is 9.72 Å². The quantitative estimate of drug-likeness (QED) is 0.699. The van der Waals surface area contributed by atoms with Gasteiger partial charge in [-0.3, -0.25) is 9.78 Å². The van der Waals surface area contributed by atoms with E-state index in [-0.39, 0.29) is 17.5 Å². The number of carbonyl (C=O) groups is 1. The molecule has 1 heterocycles. The number of methoxy groups -OCH3 is 1. The maximum atomic E-state index is 12.4. The van der Waals surface area contributed by atoms with Gasteiger partial charge in [-0.05, 0) is 11.6 Å². The van der Waals surface area contributed by atoms with Crippen LogP contribution in [-0.4, -0.2) is 18.1 Å². The SMILES string of the molecule is COC(=O)Cc1ccncc1C(F)F. The molecule has 0 bridgehead atoms. The summed E-state index contributed by atoms with van der Waals surface area (Å²) in [5, 5.41) is 0. The molecule has 0 aliphatic rings. The number of rotatable bonds is 3. The molecule has 0 saturated heterocycles. The molecule has 0 aromatic carbocycles. The van der Waals surface area contributed by atoms with Crippen molar-refractivity contribution in [2.45, 2.75) is 12.8 Å². The molecule has 0 saturated carbocycles. The Morgan fingerprint density at radius 3 is 2.93 bits per heavy atom. The number of halogens is 2. The van der Waals surface area contributed by atoms with Gasteiger partial charge in [0, 0.05) is 18.0 Å². The molecule has 0 amide bonds. The van der Waals surface area contributed by atoms with Gasteiger partial charge in [-0.15, -0.1) is 0 Å². The van der Waals surface area contributed by atoms with Crippen molar-refractivity contribution in [3.8, 4) is 0 Å². The lowest BCUT2D eigenvalue weighted by Gasteiger charge is -2.06. The molecular formula is C9H9F2NO2. The second-order valence-corrected chi connectivity index (χ2v) is 2.63. The van der Waals surface area contributed by atoms with Crippen LogP contribution in [0.3, 0.4) is 0 Å². The van der Waals surface area contributed by atoms with Crippen molar-refractivity contribution < 1.29 is 18.3 Å². The predicted octanol–water partition coefficient (Wildman–Crippen LogP) is 1.73. The van der Waals surface area contributed by atoms with E-state index in [4.69, 9.17) is 0 Å². The van der Waals surface area contributed by atoms with Crippen molar-refractivity contribution >= 4 is 5.97 Å². The van der Waals surface area contributed by atoms with Crippen molar-refractivity contribution in [1.82, 2.24) is 4.98 Å². The highest BCUT2D eigenvalue weighted by Crippen LogP contribution is 2.22. The van der Waals surface area contributed by atoms with Crippen LogP contribution in [0.2, 0.25) is 0 Å². The first kappa shape index (κ1) is 10.6. The fourth-order valence-electron chi connectivity index (χ4n) is 1.02. The third kappa shape index (κ3) is 2.48. The summed E-state index contributed by atoms with van der Waals surface area (Å²) in [5.74, 6) is -0.543. The van der Waals surface area contributed by atoms with Gasteiger partial charge in [-0.2, -0.15) is 0 Å². The highest BCUT2D eigenvalue weighted by atomic mass is 19.3. The lowest BCUT2D eigenvalue weighted by molar-refractivity contribution is -0.139. The smallest absolute Gasteiger partial charge is 0.309 e. The Morgan fingerprint density at radius 1 is 1.64 bits per heavy atom. The fourth-order valence-corrected chi connectivity index (χ4v) is 1.02. The van der Waals surface area contributed by atoms with E-state index in [0.717, 1.165) is 6.20 Å². The van der Waals surface area contributed by atoms with E-state index in [1.807, 2.05) is 0 Å². The van der Waals surface area contributed by atoms with Crippen molar-refractivity contribution in [3.05, 3.63) is 29.6 Å². The van der Waals surface area contributed by atoms with Gasteiger partial charge in [-0.1, -0.05) is 0 Å². The second-order valence-electron chi connectivity index (χ2n) is 2.63. The summed E-state index contributed by atoms with van der Waals surface area (Å²) in [7, 11) is 1.21. The number of hydrogen-bond donors (Lipinski definition) is 0. The van der Waals surface area contributed by atoms with Crippen LogP contribution in [0, 0.1) is 0 Å². The molecule has 0 aliphatic heterocycles. The van der Waals surface area contributed by atoms with E-state index in [9.17, 15) is 13.6 Å². The summed E-state index contributed by atoms with van der Waals surface area (Å²) >= 11 is 0. The van der Waals surface area contributed by atoms with Crippen molar-refractivity contribution in [3.63, 3.8) is 0 Å². The summed E-state index contributed by atoms with van der Waals surface area (Å²) < 4.78 is 29.2. The van der Waals surface area contributed by atoms with Gasteiger partial charge in [0.05, 0.1) is 13.5 Å². The zero-order valence-electron chi connectivity index (χ0n) is 7.54. The summed E-state index contributed by atoms with van der Waals surface area (Å²) in [5.41, 5.74) is 0.0275. The summed E-state index contributed by atoms with van der Waals surface area (Å²) in [6, 6.07) is 1.39. The standard InChI is InChI=1S/C9H9F2NO2/c1-14-8(13)4-6-2-3-12-5-7(6)9(10)11/h2-3,5,9H,4H2,1H3. The summed E-state index contributed by atoms with van der Waals surface area (Å²) in [6.07, 6.45) is -0.352. The zero-order chi connectivity index (χ0) is 10.6. The number of aromatic nitrogens is 1. The normalized spacial score (nSPS) is 10.3. The molecule has 0 spiro atoms. The minimum Gasteiger partial charge on any atom is -0.469 e. The molecule has 1 aromatic rings. The Bertz CT molecular complexity index is 328. The lowest BCUT2D eigenvalue weighted by Crippen LogP contribution is -2.07. The summed E-state index contributed by atoms with van der Waals surface area (Å²) in [4.78, 5) is 14.4. The second kappa shape index (κ2) is 4.64. The molecule has 3 nitrogen and oxygen atoms in total. The van der Waals surface area contributed by atoms with Gasteiger partial charge in [-0.25, -0.2) is 8.78 Å². The van der Waals surface area contributed by atoms with Crippen LogP contribution in [0.15, 0.2) is 18.5 Å². The number of alkyl halides is 2. The molecule has 14 heavy (non-hydrogen) atoms. The first-order valence-electron chi connectivity index (χ1n) is 3.93. The number of carbonyl (C=O) groups excluding carboxylic acids is 1. The van der Waals surface area contributed by atoms with E-state index < -0.39 is 12.4 Å². The van der Waals surface area contributed by atoms with Crippen LogP contribution in [0.4, 0.5) is 8.78 Å². The first-order valence-corrected chi connectivity index (χ1v) is 3.93. The van der Waals surface area contributed by atoms with Crippen molar-refractivity contribution in [2.24, 2.45) is 0 Å². The molecule has 0 atom stereocenters. The van der Waals surface area contributed by atoms with Crippen LogP contribution >= 0.6 is 0 Å². The number of esters is 1. The zero-order valence-corrected chi connectivity index (χ0v) is 7.54. The molecule has 0 N–H and O–H groups in total. The number of nitrogens with zero attached hydrogens (tertiary/aromatic N) is 1. The maximum absolute atomic E-state index is 12.4. The Morgan fingerprint density at radius 2 is 2.36 bits per heavy atom. The van der Waals surface area contributed by atoms with E-state index in [1.54, 1.807) is 0 Å². The van der Waals surface area contributed by atoms with E-state index in [1.165, 1.54) is 19.4 Å². The van der Waals surface area contributed by atoms with Gasteiger partial charge in [0.2, 0.25) is 0 Å². The van der Waals surface area contributed by atoms with Gasteiger partial charge in [0.1, 0.15) is 0 Å². The fraction of sp³-hybridized carbons (Fsp3) is 0.333. The van der Waals surface area contributed by atoms with Crippen LogP contribution in [-0.2, 0) is 16.0 Å². The Labute approximate surface area is 79.7 Å². The molecular weight excluding hydrogens is 192 g/mol. The predicted molar refractivity (Wildman–Crippen MR) is 44.9 cm³/mol. The molecule has 0 unspecified atom stereocenters. The van der Waals surface area contributed by atoms with Crippen LogP contribution in [0.25, 0.3) is 0 Å². The van der Waals surface area contributed by atoms with Crippen LogP contribution in [0.5, 0.6) is 0 Å². The molecule has 1 rings (SSSR count). The number of ether oxygens (including phenoxy) is 1. The highest BCUT2D eigenvalue weighted by molar-refractivity contribution is 5.72. The lowest BCUT2D eigenvalue weighted by atomic mass is 10.1. The topological polar surface area (TPSA) is 39.2 Å². The molecule has 5 heteroatoms. The van der Waals surface area contributed by atoms with Gasteiger partial charge in [0.15, 0.2) is 0 Å². The molecule has 0 radical (unpaired) electrons. The average Bonchev–Trinajstić information content (AvgIpc) is 2.18. The average molecular weight is 201 g/mol. The van der Waals surface area contributed by atoms with Crippen molar-refractivity contribution in [1.29, 1.82) is 0 Å². The number of pyridine rings is 1. The molecule has 1 aromatic heterocycles. The third-order valence-electron chi connectivity index (χ3n) is 1.74. The van der Waals surface area contributed by atoms with Gasteiger partial charge in [0.25, 0.3) is 6.43 Å². The largest absolute Gasteiger partial charge is 0.469 e. The van der Waals surface area contributed by atoms with Crippen LogP contribution < -0.4 is 0 Å². The minimum atomic E-state index is -2.62. The van der Waals surface area contributed by atoms with Crippen LogP contribution in [0.1, 0.15) is 17.6 Å². The van der Waals surface area contributed by atoms with E-state index in [0.29, 0.717) is 0 Å². The maximum Gasteiger partial charge on any atom is 0.309 e. The minimum absolute atomic E-state index is 0.154. The molecule has 76 valence electrons. The van der Waals surface area contributed by atoms with E-state index >= 15 is 0 Å². The summed E-state index contributed by atoms with van der Waals surface area (Å²) in [6.45, 7) is 0. The Balaban J connectivity index is 2.90. The Hall–Kier alpha value is -1.52. The highest BCUT2D eigenvalue weighted by Gasteiger charge is 2.15. The monoisotopic (exact) mass is 201 g/mol. The molecule has 0 aliphatic carbocycles. The van der Waals surface area contributed by atoms with Crippen molar-refractivity contribution in [2.75, 3.05) is 7.11 Å². The Kier molecular flexibility index (Phi) is 3.50. The van der Waals surface area contributed by atoms with Gasteiger partial charge < -0.3 is 4.74 Å². The third-order valence-corrected chi connectivity index (χ3v) is 1.74. The van der Waals surface area contributed by atoms with Gasteiger partial charge >= 0.3 is 5.97 Å². The molecule has 0 fully saturated rings.